The summed E-state index contributed by atoms with van der Waals surface area (Å²) in [5.74, 6) is 0. The smallest absolute Gasteiger partial charge is 0.185 e. The zero-order chi connectivity index (χ0) is 12.7. The Balaban J connectivity index is 2.70. The number of aromatic nitrogens is 1. The van der Waals surface area contributed by atoms with Crippen LogP contribution in [-0.4, -0.2) is 31.3 Å². The topological polar surface area (TPSA) is 51.4 Å². The Hall–Kier alpha value is -0.650. The third kappa shape index (κ3) is 3.94. The Kier molecular flexibility index (Phi) is 6.47. The van der Waals surface area contributed by atoms with Gasteiger partial charge in [-0.15, -0.1) is 11.3 Å². The van der Waals surface area contributed by atoms with Crippen LogP contribution in [0.2, 0.25) is 0 Å². The molecule has 4 nitrogen and oxygen atoms in total. The van der Waals surface area contributed by atoms with Gasteiger partial charge in [-0.3, -0.25) is 0 Å². The second-order valence-electron chi connectivity index (χ2n) is 3.70. The summed E-state index contributed by atoms with van der Waals surface area (Å²) in [4.78, 5) is 8.11. The van der Waals surface area contributed by atoms with Crippen LogP contribution < -0.4 is 10.6 Å². The van der Waals surface area contributed by atoms with Crippen molar-refractivity contribution in [1.29, 1.82) is 0 Å². The lowest BCUT2D eigenvalue weighted by atomic mass is 10.3. The van der Waals surface area contributed by atoms with Crippen molar-refractivity contribution in [2.45, 2.75) is 33.7 Å². The first-order chi connectivity index (χ1) is 8.26. The number of hydrogen-bond acceptors (Lipinski definition) is 5. The first-order valence-electron chi connectivity index (χ1n) is 6.28. The number of hydrogen-bond donors (Lipinski definition) is 1. The average molecular weight is 257 g/mol. The molecule has 1 aromatic heterocycles. The van der Waals surface area contributed by atoms with Crippen molar-refractivity contribution in [1.82, 2.24) is 4.98 Å². The van der Waals surface area contributed by atoms with Crippen molar-refractivity contribution in [3.8, 4) is 0 Å². The van der Waals surface area contributed by atoms with Crippen molar-refractivity contribution in [3.05, 3.63) is 10.6 Å². The summed E-state index contributed by atoms with van der Waals surface area (Å²) in [6, 6.07) is 0. The maximum Gasteiger partial charge on any atom is 0.185 e. The van der Waals surface area contributed by atoms with Crippen molar-refractivity contribution < 1.29 is 4.74 Å². The van der Waals surface area contributed by atoms with Gasteiger partial charge in [-0.05, 0) is 20.3 Å². The largest absolute Gasteiger partial charge is 0.380 e. The molecular formula is C12H23N3OS. The van der Waals surface area contributed by atoms with Gasteiger partial charge in [-0.25, -0.2) is 4.98 Å². The summed E-state index contributed by atoms with van der Waals surface area (Å²) in [6.45, 7) is 10.2. The molecule has 0 bridgehead atoms. The van der Waals surface area contributed by atoms with Gasteiger partial charge in [0.2, 0.25) is 0 Å². The minimum atomic E-state index is 0.587. The van der Waals surface area contributed by atoms with Gasteiger partial charge in [-0.2, -0.15) is 0 Å². The molecule has 0 unspecified atom stereocenters. The summed E-state index contributed by atoms with van der Waals surface area (Å²) in [5, 5.41) is 1.07. The highest BCUT2D eigenvalue weighted by Gasteiger charge is 2.13. The van der Waals surface area contributed by atoms with E-state index in [1.54, 1.807) is 11.3 Å². The van der Waals surface area contributed by atoms with Crippen LogP contribution in [0.3, 0.4) is 0 Å². The number of ether oxygens (including phenoxy) is 1. The SMILES string of the molecule is CCOCCN(CC)c1nc(CC)c(CN)s1. The predicted molar refractivity (Wildman–Crippen MR) is 73.8 cm³/mol. The molecule has 0 aliphatic rings. The van der Waals surface area contributed by atoms with E-state index in [1.165, 1.54) is 4.88 Å². The Morgan fingerprint density at radius 3 is 2.59 bits per heavy atom. The quantitative estimate of drug-likeness (QED) is 0.724. The number of likely N-dealkylation sites (N-methyl/N-ethyl adjacent to an activating group) is 1. The van der Waals surface area contributed by atoms with Gasteiger partial charge in [0.1, 0.15) is 0 Å². The minimum Gasteiger partial charge on any atom is -0.380 e. The van der Waals surface area contributed by atoms with Crippen LogP contribution in [0.4, 0.5) is 5.13 Å². The van der Waals surface area contributed by atoms with Gasteiger partial charge >= 0.3 is 0 Å². The lowest BCUT2D eigenvalue weighted by molar-refractivity contribution is 0.154. The number of thiazole rings is 1. The van der Waals surface area contributed by atoms with E-state index >= 15 is 0 Å². The first kappa shape index (κ1) is 14.4. The molecule has 0 aliphatic heterocycles. The van der Waals surface area contributed by atoms with Gasteiger partial charge in [0.05, 0.1) is 12.3 Å². The average Bonchev–Trinajstić information content (AvgIpc) is 2.77. The molecular weight excluding hydrogens is 234 g/mol. The zero-order valence-electron chi connectivity index (χ0n) is 11.0. The molecule has 0 atom stereocenters. The molecule has 0 amide bonds. The molecule has 5 heteroatoms. The fraction of sp³-hybridized carbons (Fsp3) is 0.750. The summed E-state index contributed by atoms with van der Waals surface area (Å²) in [5.41, 5.74) is 6.87. The van der Waals surface area contributed by atoms with E-state index < -0.39 is 0 Å². The monoisotopic (exact) mass is 257 g/mol. The van der Waals surface area contributed by atoms with E-state index in [0.717, 1.165) is 43.5 Å². The molecule has 98 valence electrons. The number of rotatable bonds is 8. The highest BCUT2D eigenvalue weighted by molar-refractivity contribution is 7.15. The lowest BCUT2D eigenvalue weighted by Crippen LogP contribution is -2.27. The predicted octanol–water partition coefficient (Wildman–Crippen LogP) is 2.03. The Labute approximate surface area is 108 Å². The van der Waals surface area contributed by atoms with Crippen LogP contribution in [0, 0.1) is 0 Å². The summed E-state index contributed by atoms with van der Waals surface area (Å²) >= 11 is 1.71. The van der Waals surface area contributed by atoms with Crippen LogP contribution >= 0.6 is 11.3 Å². The molecule has 0 radical (unpaired) electrons. The van der Waals surface area contributed by atoms with Gasteiger partial charge in [0.25, 0.3) is 0 Å². The van der Waals surface area contributed by atoms with Crippen LogP contribution in [0.5, 0.6) is 0 Å². The van der Waals surface area contributed by atoms with Gasteiger partial charge < -0.3 is 15.4 Å². The van der Waals surface area contributed by atoms with Crippen LogP contribution in [-0.2, 0) is 17.7 Å². The zero-order valence-corrected chi connectivity index (χ0v) is 11.8. The van der Waals surface area contributed by atoms with Crippen molar-refractivity contribution in [2.24, 2.45) is 5.73 Å². The second-order valence-corrected chi connectivity index (χ2v) is 4.76. The standard InChI is InChI=1S/C12H23N3OS/c1-4-10-11(9-13)17-12(14-10)15(5-2)7-8-16-6-3/h4-9,13H2,1-3H3. The molecule has 1 aromatic rings. The molecule has 0 aliphatic carbocycles. The maximum atomic E-state index is 5.73. The number of nitrogens with two attached hydrogens (primary N) is 1. The molecule has 0 fully saturated rings. The van der Waals surface area contributed by atoms with Gasteiger partial charge in [0.15, 0.2) is 5.13 Å². The van der Waals surface area contributed by atoms with E-state index in [0.29, 0.717) is 6.54 Å². The number of nitrogens with zero attached hydrogens (tertiary/aromatic N) is 2. The number of aryl methyl sites for hydroxylation is 1. The summed E-state index contributed by atoms with van der Waals surface area (Å²) in [6.07, 6.45) is 0.950. The van der Waals surface area contributed by atoms with E-state index in [4.69, 9.17) is 10.5 Å². The van der Waals surface area contributed by atoms with Gasteiger partial charge in [0, 0.05) is 31.1 Å². The van der Waals surface area contributed by atoms with Crippen molar-refractivity contribution >= 4 is 16.5 Å². The van der Waals surface area contributed by atoms with Crippen LogP contribution in [0.1, 0.15) is 31.3 Å². The highest BCUT2D eigenvalue weighted by atomic mass is 32.1. The molecule has 2 N–H and O–H groups in total. The molecule has 0 spiro atoms. The normalized spacial score (nSPS) is 10.8. The Bertz CT molecular complexity index is 306. The van der Waals surface area contributed by atoms with Crippen molar-refractivity contribution in [2.75, 3.05) is 31.2 Å². The molecule has 17 heavy (non-hydrogen) atoms. The summed E-state index contributed by atoms with van der Waals surface area (Å²) < 4.78 is 5.39. The fourth-order valence-electron chi connectivity index (χ4n) is 1.65. The maximum absolute atomic E-state index is 5.73. The fourth-order valence-corrected chi connectivity index (χ4v) is 2.77. The van der Waals surface area contributed by atoms with Crippen LogP contribution in [0.15, 0.2) is 0 Å². The minimum absolute atomic E-state index is 0.587. The second kappa shape index (κ2) is 7.63. The Morgan fingerprint density at radius 1 is 1.35 bits per heavy atom. The van der Waals surface area contributed by atoms with Crippen molar-refractivity contribution in [3.63, 3.8) is 0 Å². The van der Waals surface area contributed by atoms with E-state index in [-0.39, 0.29) is 0 Å². The third-order valence-electron chi connectivity index (χ3n) is 2.65. The molecule has 0 aromatic carbocycles. The highest BCUT2D eigenvalue weighted by Crippen LogP contribution is 2.26. The van der Waals surface area contributed by atoms with Gasteiger partial charge in [-0.1, -0.05) is 6.92 Å². The molecule has 1 heterocycles. The number of anilines is 1. The summed E-state index contributed by atoms with van der Waals surface area (Å²) in [7, 11) is 0. The third-order valence-corrected chi connectivity index (χ3v) is 3.83. The van der Waals surface area contributed by atoms with E-state index in [9.17, 15) is 0 Å². The van der Waals surface area contributed by atoms with Crippen LogP contribution in [0.25, 0.3) is 0 Å². The Morgan fingerprint density at radius 2 is 2.12 bits per heavy atom. The van der Waals surface area contributed by atoms with E-state index in [1.807, 2.05) is 6.92 Å². The first-order valence-corrected chi connectivity index (χ1v) is 7.09. The molecule has 1 rings (SSSR count). The lowest BCUT2D eigenvalue weighted by Gasteiger charge is -2.19. The van der Waals surface area contributed by atoms with E-state index in [2.05, 4.69) is 23.7 Å². The molecule has 0 saturated carbocycles. The molecule has 0 saturated heterocycles.